The van der Waals surface area contributed by atoms with Crippen molar-refractivity contribution in [1.29, 1.82) is 0 Å². The molecule has 3 aromatic rings. The van der Waals surface area contributed by atoms with Crippen molar-refractivity contribution in [2.24, 2.45) is 0 Å². The van der Waals surface area contributed by atoms with Crippen molar-refractivity contribution >= 4 is 45.0 Å². The highest BCUT2D eigenvalue weighted by atomic mass is 35.5. The average molecular weight is 432 g/mol. The van der Waals surface area contributed by atoms with Gasteiger partial charge >= 0.3 is 0 Å². The van der Waals surface area contributed by atoms with Crippen LogP contribution in [0.1, 0.15) is 22.8 Å². The maximum Gasteiger partial charge on any atom is 0.260 e. The van der Waals surface area contributed by atoms with E-state index < -0.39 is 0 Å². The summed E-state index contributed by atoms with van der Waals surface area (Å²) < 4.78 is 6.57. The fraction of sp³-hybridized carbons (Fsp3) is 0.364. The molecule has 1 aliphatic rings. The third kappa shape index (κ3) is 5.14. The first-order valence-corrected chi connectivity index (χ1v) is 10.6. The Labute approximate surface area is 181 Å². The Balaban J connectivity index is 0.00000240. The van der Waals surface area contributed by atoms with Crippen molar-refractivity contribution in [3.8, 4) is 0 Å². The van der Waals surface area contributed by atoms with Crippen LogP contribution in [0.5, 0.6) is 0 Å². The van der Waals surface area contributed by atoms with E-state index in [-0.39, 0.29) is 18.3 Å². The van der Waals surface area contributed by atoms with Crippen LogP contribution in [-0.2, 0) is 11.2 Å². The SMILES string of the molecule is CCc1ccc2nc(N(CCN3CCOCC3)C(=O)c3ccccc3)sc2c1.Cl. The molecular formula is C22H26ClN3O2S. The number of amides is 1. The normalized spacial score (nSPS) is 14.5. The minimum Gasteiger partial charge on any atom is -0.379 e. The minimum atomic E-state index is 0. The van der Waals surface area contributed by atoms with Gasteiger partial charge in [0.25, 0.3) is 5.91 Å². The molecule has 0 saturated carbocycles. The van der Waals surface area contributed by atoms with Gasteiger partial charge in [0.15, 0.2) is 5.13 Å². The van der Waals surface area contributed by atoms with E-state index in [4.69, 9.17) is 9.72 Å². The maximum atomic E-state index is 13.3. The number of aromatic nitrogens is 1. The van der Waals surface area contributed by atoms with Gasteiger partial charge in [-0.3, -0.25) is 14.6 Å². The summed E-state index contributed by atoms with van der Waals surface area (Å²) in [6.45, 7) is 6.92. The van der Waals surface area contributed by atoms with Gasteiger partial charge in [0.2, 0.25) is 0 Å². The smallest absolute Gasteiger partial charge is 0.260 e. The van der Waals surface area contributed by atoms with Gasteiger partial charge in [-0.05, 0) is 36.2 Å². The van der Waals surface area contributed by atoms with E-state index in [1.54, 1.807) is 11.3 Å². The van der Waals surface area contributed by atoms with Crippen LogP contribution in [0.2, 0.25) is 0 Å². The number of carbonyl (C=O) groups excluding carboxylic acids is 1. The molecule has 7 heteroatoms. The first-order valence-electron chi connectivity index (χ1n) is 9.81. The Morgan fingerprint density at radius 1 is 1.17 bits per heavy atom. The molecule has 0 atom stereocenters. The van der Waals surface area contributed by atoms with E-state index in [1.807, 2.05) is 35.2 Å². The van der Waals surface area contributed by atoms with Crippen LogP contribution in [0.15, 0.2) is 48.5 Å². The van der Waals surface area contributed by atoms with Crippen LogP contribution < -0.4 is 4.90 Å². The molecule has 154 valence electrons. The number of hydrogen-bond donors (Lipinski definition) is 0. The number of nitrogens with zero attached hydrogens (tertiary/aromatic N) is 3. The number of anilines is 1. The largest absolute Gasteiger partial charge is 0.379 e. The molecule has 0 bridgehead atoms. The van der Waals surface area contributed by atoms with E-state index in [1.165, 1.54) is 5.56 Å². The van der Waals surface area contributed by atoms with E-state index in [0.717, 1.165) is 54.6 Å². The van der Waals surface area contributed by atoms with E-state index >= 15 is 0 Å². The average Bonchev–Trinajstić information content (AvgIpc) is 3.18. The van der Waals surface area contributed by atoms with Crippen molar-refractivity contribution in [1.82, 2.24) is 9.88 Å². The third-order valence-corrected chi connectivity index (χ3v) is 6.13. The van der Waals surface area contributed by atoms with Crippen molar-refractivity contribution < 1.29 is 9.53 Å². The zero-order valence-corrected chi connectivity index (χ0v) is 18.2. The Morgan fingerprint density at radius 2 is 1.93 bits per heavy atom. The molecule has 0 N–H and O–H groups in total. The highest BCUT2D eigenvalue weighted by Gasteiger charge is 2.22. The number of fused-ring (bicyclic) bond motifs is 1. The summed E-state index contributed by atoms with van der Waals surface area (Å²) in [5, 5.41) is 0.769. The molecule has 4 rings (SSSR count). The van der Waals surface area contributed by atoms with Crippen LogP contribution in [0.25, 0.3) is 10.2 Å². The molecule has 0 radical (unpaired) electrons. The van der Waals surface area contributed by atoms with Crippen LogP contribution in [-0.4, -0.2) is 55.2 Å². The fourth-order valence-electron chi connectivity index (χ4n) is 3.38. The van der Waals surface area contributed by atoms with Crippen molar-refractivity contribution in [2.45, 2.75) is 13.3 Å². The number of morpholine rings is 1. The number of ether oxygens (including phenoxy) is 1. The zero-order chi connectivity index (χ0) is 19.3. The monoisotopic (exact) mass is 431 g/mol. The van der Waals surface area contributed by atoms with Crippen molar-refractivity contribution in [3.63, 3.8) is 0 Å². The minimum absolute atomic E-state index is 0. The molecule has 0 aliphatic carbocycles. The summed E-state index contributed by atoms with van der Waals surface area (Å²) in [5.41, 5.74) is 2.93. The molecule has 2 heterocycles. The van der Waals surface area contributed by atoms with Crippen LogP contribution in [0.4, 0.5) is 5.13 Å². The Bertz CT molecular complexity index is 942. The van der Waals surface area contributed by atoms with Gasteiger partial charge in [-0.15, -0.1) is 12.4 Å². The van der Waals surface area contributed by atoms with Crippen molar-refractivity contribution in [3.05, 3.63) is 59.7 Å². The summed E-state index contributed by atoms with van der Waals surface area (Å²) in [4.78, 5) is 22.2. The lowest BCUT2D eigenvalue weighted by atomic mass is 10.2. The van der Waals surface area contributed by atoms with Gasteiger partial charge in [0.1, 0.15) is 0 Å². The second-order valence-corrected chi connectivity index (χ2v) is 7.94. The number of hydrogen-bond acceptors (Lipinski definition) is 5. The van der Waals surface area contributed by atoms with Gasteiger partial charge in [-0.1, -0.05) is 42.5 Å². The molecule has 5 nitrogen and oxygen atoms in total. The number of rotatable bonds is 6. The maximum absolute atomic E-state index is 13.3. The number of carbonyl (C=O) groups is 1. The second-order valence-electron chi connectivity index (χ2n) is 6.93. The Morgan fingerprint density at radius 3 is 2.66 bits per heavy atom. The Hall–Kier alpha value is -1.99. The van der Waals surface area contributed by atoms with Crippen LogP contribution in [0.3, 0.4) is 0 Å². The van der Waals surface area contributed by atoms with Gasteiger partial charge in [-0.25, -0.2) is 4.98 Å². The van der Waals surface area contributed by atoms with Crippen molar-refractivity contribution in [2.75, 3.05) is 44.3 Å². The molecule has 1 aromatic heterocycles. The zero-order valence-electron chi connectivity index (χ0n) is 16.5. The fourth-order valence-corrected chi connectivity index (χ4v) is 4.43. The van der Waals surface area contributed by atoms with Gasteiger partial charge < -0.3 is 4.74 Å². The van der Waals surface area contributed by atoms with Gasteiger partial charge in [0, 0.05) is 31.7 Å². The highest BCUT2D eigenvalue weighted by Crippen LogP contribution is 2.30. The predicted molar refractivity (Wildman–Crippen MR) is 122 cm³/mol. The molecule has 1 aliphatic heterocycles. The number of aryl methyl sites for hydroxylation is 1. The van der Waals surface area contributed by atoms with E-state index in [0.29, 0.717) is 12.1 Å². The summed E-state index contributed by atoms with van der Waals surface area (Å²) in [6, 6.07) is 15.8. The highest BCUT2D eigenvalue weighted by molar-refractivity contribution is 7.22. The Kier molecular flexibility index (Phi) is 7.61. The first kappa shape index (κ1) is 21.7. The molecule has 0 spiro atoms. The number of thiazole rings is 1. The van der Waals surface area contributed by atoms with E-state index in [2.05, 4.69) is 30.0 Å². The summed E-state index contributed by atoms with van der Waals surface area (Å²) >= 11 is 1.60. The quantitative estimate of drug-likeness (QED) is 0.585. The molecule has 1 amide bonds. The predicted octanol–water partition coefficient (Wildman–Crippen LogP) is 4.26. The van der Waals surface area contributed by atoms with Crippen LogP contribution in [0, 0.1) is 0 Å². The molecule has 1 fully saturated rings. The molecule has 29 heavy (non-hydrogen) atoms. The summed E-state index contributed by atoms with van der Waals surface area (Å²) in [5.74, 6) is 0.00336. The number of halogens is 1. The first-order chi connectivity index (χ1) is 13.7. The summed E-state index contributed by atoms with van der Waals surface area (Å²) in [6.07, 6.45) is 0.993. The lowest BCUT2D eigenvalue weighted by molar-refractivity contribution is 0.0391. The lowest BCUT2D eigenvalue weighted by Gasteiger charge is -2.29. The standard InChI is InChI=1S/C22H25N3O2S.ClH/c1-2-17-8-9-19-20(16-17)28-22(23-19)25(11-10-24-12-14-27-15-13-24)21(26)18-6-4-3-5-7-18;/h3-9,16H,2,10-15H2,1H3;1H. The third-order valence-electron chi connectivity index (χ3n) is 5.09. The topological polar surface area (TPSA) is 45.7 Å². The van der Waals surface area contributed by atoms with Gasteiger partial charge in [0.05, 0.1) is 23.4 Å². The molecule has 1 saturated heterocycles. The summed E-state index contributed by atoms with van der Waals surface area (Å²) in [7, 11) is 0. The number of benzene rings is 2. The molecular weight excluding hydrogens is 406 g/mol. The van der Waals surface area contributed by atoms with Crippen LogP contribution >= 0.6 is 23.7 Å². The van der Waals surface area contributed by atoms with Gasteiger partial charge in [-0.2, -0.15) is 0 Å². The molecule has 0 unspecified atom stereocenters. The van der Waals surface area contributed by atoms with E-state index in [9.17, 15) is 4.79 Å². The second kappa shape index (κ2) is 10.2. The molecule has 2 aromatic carbocycles. The lowest BCUT2D eigenvalue weighted by Crippen LogP contribution is -2.43.